The third kappa shape index (κ3) is 5.36. The van der Waals surface area contributed by atoms with Crippen molar-refractivity contribution in [2.24, 2.45) is 0 Å². The van der Waals surface area contributed by atoms with Crippen LogP contribution < -0.4 is 20.9 Å². The number of nitrogens with one attached hydrogen (secondary N) is 3. The summed E-state index contributed by atoms with van der Waals surface area (Å²) in [6.45, 7) is 0.615. The lowest BCUT2D eigenvalue weighted by Gasteiger charge is -2.05. The predicted molar refractivity (Wildman–Crippen MR) is 91.5 cm³/mol. The SMILES string of the molecule is COc1ccc2nc(NCC(=O)NCCCCC(=O)NO)sc2c1. The Morgan fingerprint density at radius 2 is 2.12 bits per heavy atom. The van der Waals surface area contributed by atoms with Crippen LogP contribution in [-0.4, -0.2) is 42.2 Å². The number of hydroxylamine groups is 1. The van der Waals surface area contributed by atoms with Crippen molar-refractivity contribution in [2.45, 2.75) is 19.3 Å². The summed E-state index contributed by atoms with van der Waals surface area (Å²) >= 11 is 1.46. The highest BCUT2D eigenvalue weighted by atomic mass is 32.1. The van der Waals surface area contributed by atoms with E-state index in [0.29, 0.717) is 24.5 Å². The number of anilines is 1. The topological polar surface area (TPSA) is 113 Å². The molecule has 1 aromatic heterocycles. The van der Waals surface area contributed by atoms with Crippen molar-refractivity contribution in [1.29, 1.82) is 0 Å². The fourth-order valence-electron chi connectivity index (χ4n) is 2.02. The van der Waals surface area contributed by atoms with E-state index in [9.17, 15) is 9.59 Å². The van der Waals surface area contributed by atoms with Gasteiger partial charge < -0.3 is 15.4 Å². The lowest BCUT2D eigenvalue weighted by atomic mass is 10.2. The van der Waals surface area contributed by atoms with Gasteiger partial charge in [0.25, 0.3) is 0 Å². The zero-order chi connectivity index (χ0) is 17.4. The molecule has 0 aliphatic carbocycles. The smallest absolute Gasteiger partial charge is 0.243 e. The van der Waals surface area contributed by atoms with E-state index < -0.39 is 5.91 Å². The Balaban J connectivity index is 1.71. The highest BCUT2D eigenvalue weighted by Crippen LogP contribution is 2.28. The number of carbonyl (C=O) groups excluding carboxylic acids is 2. The molecule has 8 nitrogen and oxygen atoms in total. The van der Waals surface area contributed by atoms with Gasteiger partial charge in [-0.15, -0.1) is 0 Å². The molecule has 9 heteroatoms. The van der Waals surface area contributed by atoms with E-state index in [4.69, 9.17) is 9.94 Å². The largest absolute Gasteiger partial charge is 0.497 e. The second-order valence-electron chi connectivity index (χ2n) is 5.05. The molecule has 0 aliphatic heterocycles. The van der Waals surface area contributed by atoms with Gasteiger partial charge in [-0.1, -0.05) is 11.3 Å². The Kier molecular flexibility index (Phi) is 6.76. The van der Waals surface area contributed by atoms with Crippen LogP contribution in [0.15, 0.2) is 18.2 Å². The van der Waals surface area contributed by atoms with Crippen molar-refractivity contribution >= 4 is 38.5 Å². The number of unbranched alkanes of at least 4 members (excludes halogenated alkanes) is 1. The Bertz CT molecular complexity index is 704. The minimum atomic E-state index is -0.421. The first-order chi connectivity index (χ1) is 11.6. The molecule has 0 saturated heterocycles. The summed E-state index contributed by atoms with van der Waals surface area (Å²) in [5.41, 5.74) is 2.42. The van der Waals surface area contributed by atoms with Gasteiger partial charge in [0.05, 0.1) is 23.9 Å². The van der Waals surface area contributed by atoms with Gasteiger partial charge in [-0.3, -0.25) is 14.8 Å². The average molecular weight is 352 g/mol. The van der Waals surface area contributed by atoms with Gasteiger partial charge in [-0.25, -0.2) is 10.5 Å². The quantitative estimate of drug-likeness (QED) is 0.309. The summed E-state index contributed by atoms with van der Waals surface area (Å²) in [6.07, 6.45) is 1.50. The van der Waals surface area contributed by atoms with Crippen LogP contribution in [0.5, 0.6) is 5.75 Å². The normalized spacial score (nSPS) is 10.4. The van der Waals surface area contributed by atoms with E-state index in [-0.39, 0.29) is 18.9 Å². The lowest BCUT2D eigenvalue weighted by Crippen LogP contribution is -2.30. The van der Waals surface area contributed by atoms with Crippen LogP contribution in [0.1, 0.15) is 19.3 Å². The molecule has 0 unspecified atom stereocenters. The summed E-state index contributed by atoms with van der Waals surface area (Å²) in [5.74, 6) is 0.208. The number of amides is 2. The fraction of sp³-hybridized carbons (Fsp3) is 0.400. The number of hydrogen-bond acceptors (Lipinski definition) is 7. The van der Waals surface area contributed by atoms with E-state index in [1.54, 1.807) is 12.6 Å². The molecular formula is C15H20N4O4S. The van der Waals surface area contributed by atoms with Crippen molar-refractivity contribution < 1.29 is 19.5 Å². The number of fused-ring (bicyclic) bond motifs is 1. The number of aromatic nitrogens is 1. The Labute approximate surface area is 143 Å². The first-order valence-corrected chi connectivity index (χ1v) is 8.32. The number of nitrogens with zero attached hydrogens (tertiary/aromatic N) is 1. The molecule has 0 atom stereocenters. The molecule has 2 aromatic rings. The molecule has 0 fully saturated rings. The third-order valence-electron chi connectivity index (χ3n) is 3.27. The standard InChI is InChI=1S/C15H20N4O4S/c1-23-10-5-6-11-12(8-10)24-15(18-11)17-9-14(21)16-7-3-2-4-13(20)19-22/h5-6,8,22H,2-4,7,9H2,1H3,(H,16,21)(H,17,18)(H,19,20). The maximum absolute atomic E-state index is 11.7. The second-order valence-corrected chi connectivity index (χ2v) is 6.08. The molecule has 130 valence electrons. The Morgan fingerprint density at radius 1 is 1.29 bits per heavy atom. The fourth-order valence-corrected chi connectivity index (χ4v) is 2.91. The minimum absolute atomic E-state index is 0.133. The number of rotatable bonds is 9. The average Bonchev–Trinajstić information content (AvgIpc) is 3.01. The number of thiazole rings is 1. The Hall–Kier alpha value is -2.39. The third-order valence-corrected chi connectivity index (χ3v) is 4.25. The van der Waals surface area contributed by atoms with Crippen LogP contribution in [0.2, 0.25) is 0 Å². The molecule has 1 heterocycles. The van der Waals surface area contributed by atoms with Crippen molar-refractivity contribution in [2.75, 3.05) is 25.5 Å². The number of carbonyl (C=O) groups is 2. The van der Waals surface area contributed by atoms with E-state index in [2.05, 4.69) is 15.6 Å². The Morgan fingerprint density at radius 3 is 2.88 bits per heavy atom. The van der Waals surface area contributed by atoms with E-state index in [1.165, 1.54) is 11.3 Å². The first kappa shape index (κ1) is 18.0. The predicted octanol–water partition coefficient (Wildman–Crippen LogP) is 1.51. The van der Waals surface area contributed by atoms with Gasteiger partial charge in [-0.05, 0) is 31.0 Å². The van der Waals surface area contributed by atoms with E-state index >= 15 is 0 Å². The van der Waals surface area contributed by atoms with Crippen molar-refractivity contribution in [3.05, 3.63) is 18.2 Å². The summed E-state index contributed by atoms with van der Waals surface area (Å²) in [6, 6.07) is 5.62. The van der Waals surface area contributed by atoms with Crippen molar-refractivity contribution in [3.8, 4) is 5.75 Å². The van der Waals surface area contributed by atoms with Gasteiger partial charge >= 0.3 is 0 Å². The minimum Gasteiger partial charge on any atom is -0.497 e. The maximum Gasteiger partial charge on any atom is 0.243 e. The monoisotopic (exact) mass is 352 g/mol. The van der Waals surface area contributed by atoms with Crippen LogP contribution in [0.25, 0.3) is 10.2 Å². The van der Waals surface area contributed by atoms with Gasteiger partial charge in [0.1, 0.15) is 5.75 Å². The molecular weight excluding hydrogens is 332 g/mol. The van der Waals surface area contributed by atoms with Gasteiger partial charge in [0.2, 0.25) is 11.8 Å². The maximum atomic E-state index is 11.7. The van der Waals surface area contributed by atoms with Gasteiger partial charge in [0, 0.05) is 13.0 Å². The molecule has 0 spiro atoms. The number of hydrogen-bond donors (Lipinski definition) is 4. The molecule has 0 radical (unpaired) electrons. The number of ether oxygens (including phenoxy) is 1. The summed E-state index contributed by atoms with van der Waals surface area (Å²) in [4.78, 5) is 27.0. The molecule has 1 aromatic carbocycles. The summed E-state index contributed by atoms with van der Waals surface area (Å²) < 4.78 is 6.16. The first-order valence-electron chi connectivity index (χ1n) is 7.50. The zero-order valence-electron chi connectivity index (χ0n) is 13.3. The summed E-state index contributed by atoms with van der Waals surface area (Å²) in [5, 5.41) is 14.8. The molecule has 2 amide bonds. The van der Waals surface area contributed by atoms with Crippen LogP contribution in [0.4, 0.5) is 5.13 Å². The van der Waals surface area contributed by atoms with Crippen molar-refractivity contribution in [1.82, 2.24) is 15.8 Å². The molecule has 24 heavy (non-hydrogen) atoms. The molecule has 4 N–H and O–H groups in total. The zero-order valence-corrected chi connectivity index (χ0v) is 14.1. The van der Waals surface area contributed by atoms with Crippen LogP contribution in [0.3, 0.4) is 0 Å². The highest BCUT2D eigenvalue weighted by molar-refractivity contribution is 7.22. The van der Waals surface area contributed by atoms with Gasteiger partial charge in [0.15, 0.2) is 5.13 Å². The van der Waals surface area contributed by atoms with Gasteiger partial charge in [-0.2, -0.15) is 0 Å². The molecule has 0 bridgehead atoms. The summed E-state index contributed by atoms with van der Waals surface area (Å²) in [7, 11) is 1.61. The molecule has 0 saturated carbocycles. The lowest BCUT2D eigenvalue weighted by molar-refractivity contribution is -0.129. The number of methoxy groups -OCH3 is 1. The van der Waals surface area contributed by atoms with Crippen molar-refractivity contribution in [3.63, 3.8) is 0 Å². The molecule has 0 aliphatic rings. The molecule has 2 rings (SSSR count). The van der Waals surface area contributed by atoms with Crippen LogP contribution in [-0.2, 0) is 9.59 Å². The van der Waals surface area contributed by atoms with Crippen LogP contribution in [0, 0.1) is 0 Å². The number of benzene rings is 1. The second kappa shape index (κ2) is 9.04. The van der Waals surface area contributed by atoms with E-state index in [0.717, 1.165) is 16.0 Å². The van der Waals surface area contributed by atoms with Crippen LogP contribution >= 0.6 is 11.3 Å². The highest BCUT2D eigenvalue weighted by Gasteiger charge is 2.07. The van der Waals surface area contributed by atoms with E-state index in [1.807, 2.05) is 18.2 Å².